The number of carbonyl (C=O) groups excluding carboxylic acids is 1. The first-order chi connectivity index (χ1) is 12.6. The number of anilines is 1. The molecule has 0 amide bonds. The first kappa shape index (κ1) is 21.0. The van der Waals surface area contributed by atoms with Crippen molar-refractivity contribution in [3.8, 4) is 0 Å². The second-order valence-electron chi connectivity index (χ2n) is 6.20. The summed E-state index contributed by atoms with van der Waals surface area (Å²) in [7, 11) is 3.39. The normalized spacial score (nSPS) is 12.7. The van der Waals surface area contributed by atoms with Crippen molar-refractivity contribution in [1.82, 2.24) is 9.97 Å². The Labute approximate surface area is 159 Å². The Morgan fingerprint density at radius 3 is 2.41 bits per heavy atom. The molecule has 0 radical (unpaired) electrons. The molecule has 0 saturated carbocycles. The van der Waals surface area contributed by atoms with Crippen molar-refractivity contribution in [3.63, 3.8) is 0 Å². The number of hydrogen-bond acceptors (Lipinski definition) is 5. The van der Waals surface area contributed by atoms with E-state index in [4.69, 9.17) is 0 Å². The van der Waals surface area contributed by atoms with Gasteiger partial charge in [0.15, 0.2) is 5.78 Å². The molecule has 1 atom stereocenters. The van der Waals surface area contributed by atoms with E-state index in [0.29, 0.717) is 6.42 Å². The number of thioether (sulfide) groups is 1. The summed E-state index contributed by atoms with van der Waals surface area (Å²) in [4.78, 5) is 32.7. The highest BCUT2D eigenvalue weighted by molar-refractivity contribution is 8.00. The zero-order valence-electron chi connectivity index (χ0n) is 15.1. The van der Waals surface area contributed by atoms with Gasteiger partial charge in [-0.25, -0.2) is 4.98 Å². The molecule has 0 saturated heterocycles. The minimum Gasteiger partial charge on any atom is -0.348 e. The number of ketones is 1. The van der Waals surface area contributed by atoms with Crippen LogP contribution < -0.4 is 10.5 Å². The fraction of sp³-hybridized carbons (Fsp3) is 0.389. The molecule has 0 fully saturated rings. The Hall–Kier alpha value is -2.29. The highest BCUT2D eigenvalue weighted by Gasteiger charge is 2.29. The van der Waals surface area contributed by atoms with Crippen molar-refractivity contribution in [2.45, 2.75) is 36.1 Å². The van der Waals surface area contributed by atoms with Gasteiger partial charge >= 0.3 is 5.51 Å². The standard InChI is InChI=1S/C18H20F3N3O2S/c1-4-11(12-5-7-13(8-6-12)27-18(19,20)21)9-15(25)14-10-16(26)23-17(22-14)24(2)3/h5-8,10-11H,4,9H2,1-3H3,(H,22,23,26)/t11-/m0/s1. The van der Waals surface area contributed by atoms with E-state index in [0.717, 1.165) is 11.6 Å². The van der Waals surface area contributed by atoms with Crippen molar-refractivity contribution in [2.24, 2.45) is 0 Å². The van der Waals surface area contributed by atoms with Gasteiger partial charge in [-0.15, -0.1) is 0 Å². The molecule has 0 spiro atoms. The molecular formula is C18H20F3N3O2S. The second kappa shape index (κ2) is 8.60. The fourth-order valence-corrected chi connectivity index (χ4v) is 3.11. The Bertz CT molecular complexity index is 848. The van der Waals surface area contributed by atoms with Gasteiger partial charge in [-0.1, -0.05) is 19.1 Å². The van der Waals surface area contributed by atoms with Crippen molar-refractivity contribution in [2.75, 3.05) is 19.0 Å². The lowest BCUT2D eigenvalue weighted by Crippen LogP contribution is -2.21. The van der Waals surface area contributed by atoms with E-state index < -0.39 is 11.1 Å². The third kappa shape index (κ3) is 6.13. The third-order valence-corrected chi connectivity index (χ3v) is 4.69. The van der Waals surface area contributed by atoms with Crippen molar-refractivity contribution >= 4 is 23.5 Å². The summed E-state index contributed by atoms with van der Waals surface area (Å²) in [5.74, 6) is -0.177. The number of aromatic nitrogens is 2. The predicted octanol–water partition coefficient (Wildman–Crippen LogP) is 4.21. The molecule has 0 aliphatic heterocycles. The Morgan fingerprint density at radius 2 is 1.89 bits per heavy atom. The molecule has 0 aliphatic rings. The predicted molar refractivity (Wildman–Crippen MR) is 99.5 cm³/mol. The van der Waals surface area contributed by atoms with Gasteiger partial charge in [-0.05, 0) is 41.8 Å². The lowest BCUT2D eigenvalue weighted by molar-refractivity contribution is -0.0328. The molecule has 2 aromatic rings. The lowest BCUT2D eigenvalue weighted by Gasteiger charge is -2.16. The quantitative estimate of drug-likeness (QED) is 0.558. The fourth-order valence-electron chi connectivity index (χ4n) is 2.57. The Kier molecular flexibility index (Phi) is 6.69. The van der Waals surface area contributed by atoms with Crippen molar-refractivity contribution in [1.29, 1.82) is 0 Å². The summed E-state index contributed by atoms with van der Waals surface area (Å²) >= 11 is -0.174. The highest BCUT2D eigenvalue weighted by atomic mass is 32.2. The van der Waals surface area contributed by atoms with Gasteiger partial charge in [0.05, 0.1) is 0 Å². The summed E-state index contributed by atoms with van der Waals surface area (Å²) in [6.07, 6.45) is 0.743. The molecule has 9 heteroatoms. The molecule has 0 unspecified atom stereocenters. The minimum absolute atomic E-state index is 0.0742. The van der Waals surface area contributed by atoms with E-state index in [1.165, 1.54) is 12.1 Å². The zero-order chi connectivity index (χ0) is 20.2. The van der Waals surface area contributed by atoms with Crippen LogP contribution in [0.5, 0.6) is 0 Å². The molecule has 0 bridgehead atoms. The average Bonchev–Trinajstić information content (AvgIpc) is 2.58. The summed E-state index contributed by atoms with van der Waals surface area (Å²) in [6.45, 7) is 1.90. The maximum absolute atomic E-state index is 12.6. The summed E-state index contributed by atoms with van der Waals surface area (Å²) < 4.78 is 37.3. The van der Waals surface area contributed by atoms with Gasteiger partial charge in [0.2, 0.25) is 5.95 Å². The van der Waals surface area contributed by atoms with Gasteiger partial charge < -0.3 is 4.90 Å². The number of halogens is 3. The van der Waals surface area contributed by atoms with Crippen LogP contribution in [-0.4, -0.2) is 35.4 Å². The number of Topliss-reactive ketones (excluding diaryl/α,β-unsaturated/α-hetero) is 1. The zero-order valence-corrected chi connectivity index (χ0v) is 15.9. The van der Waals surface area contributed by atoms with Crippen LogP contribution >= 0.6 is 11.8 Å². The van der Waals surface area contributed by atoms with Crippen LogP contribution in [0.25, 0.3) is 0 Å². The van der Waals surface area contributed by atoms with E-state index in [2.05, 4.69) is 9.97 Å². The maximum Gasteiger partial charge on any atom is 0.446 e. The maximum atomic E-state index is 12.6. The van der Waals surface area contributed by atoms with Gasteiger partial charge in [-0.3, -0.25) is 14.6 Å². The van der Waals surface area contributed by atoms with Crippen LogP contribution in [0.1, 0.15) is 41.7 Å². The summed E-state index contributed by atoms with van der Waals surface area (Å²) in [5, 5.41) is 0. The van der Waals surface area contributed by atoms with Gasteiger partial charge in [-0.2, -0.15) is 13.2 Å². The number of aromatic amines is 1. The van der Waals surface area contributed by atoms with Crippen LogP contribution in [0.15, 0.2) is 40.0 Å². The highest BCUT2D eigenvalue weighted by Crippen LogP contribution is 2.37. The van der Waals surface area contributed by atoms with Gasteiger partial charge in [0, 0.05) is 31.5 Å². The molecule has 27 heavy (non-hydrogen) atoms. The first-order valence-electron chi connectivity index (χ1n) is 8.26. The van der Waals surface area contributed by atoms with Crippen LogP contribution in [0.4, 0.5) is 19.1 Å². The lowest BCUT2D eigenvalue weighted by atomic mass is 9.91. The van der Waals surface area contributed by atoms with E-state index >= 15 is 0 Å². The van der Waals surface area contributed by atoms with E-state index in [-0.39, 0.29) is 46.4 Å². The third-order valence-electron chi connectivity index (χ3n) is 3.95. The average molecular weight is 399 g/mol. The topological polar surface area (TPSA) is 66.1 Å². The van der Waals surface area contributed by atoms with Gasteiger partial charge in [0.1, 0.15) is 5.69 Å². The Balaban J connectivity index is 2.17. The molecular weight excluding hydrogens is 379 g/mol. The number of H-pyrrole nitrogens is 1. The van der Waals surface area contributed by atoms with Gasteiger partial charge in [0.25, 0.3) is 5.56 Å². The molecule has 5 nitrogen and oxygen atoms in total. The largest absolute Gasteiger partial charge is 0.446 e. The number of benzene rings is 1. The molecule has 2 rings (SSSR count). The van der Waals surface area contributed by atoms with E-state index in [1.807, 2.05) is 6.92 Å². The molecule has 1 N–H and O–H groups in total. The number of carbonyl (C=O) groups is 1. The molecule has 1 aromatic carbocycles. The second-order valence-corrected chi connectivity index (χ2v) is 7.34. The summed E-state index contributed by atoms with van der Waals surface area (Å²) in [6, 6.07) is 7.16. The first-order valence-corrected chi connectivity index (χ1v) is 9.08. The van der Waals surface area contributed by atoms with Crippen molar-refractivity contribution in [3.05, 3.63) is 51.9 Å². The van der Waals surface area contributed by atoms with Crippen LogP contribution in [0.3, 0.4) is 0 Å². The van der Waals surface area contributed by atoms with Crippen LogP contribution in [0, 0.1) is 0 Å². The monoisotopic (exact) mass is 399 g/mol. The minimum atomic E-state index is -4.34. The smallest absolute Gasteiger partial charge is 0.348 e. The SMILES string of the molecule is CC[C@@H](CC(=O)c1cc(=O)[nH]c(N(C)C)n1)c1ccc(SC(F)(F)F)cc1. The summed E-state index contributed by atoms with van der Waals surface area (Å²) in [5.41, 5.74) is -3.91. The number of rotatable bonds is 7. The van der Waals surface area contributed by atoms with Crippen molar-refractivity contribution < 1.29 is 18.0 Å². The number of alkyl halides is 3. The molecule has 1 heterocycles. The van der Waals surface area contributed by atoms with Crippen LogP contribution in [0.2, 0.25) is 0 Å². The van der Waals surface area contributed by atoms with E-state index in [1.54, 1.807) is 31.1 Å². The van der Waals surface area contributed by atoms with Crippen LogP contribution in [-0.2, 0) is 0 Å². The number of nitrogens with zero attached hydrogens (tertiary/aromatic N) is 2. The molecule has 146 valence electrons. The molecule has 0 aliphatic carbocycles. The number of hydrogen-bond donors (Lipinski definition) is 1. The molecule has 1 aromatic heterocycles. The number of nitrogens with one attached hydrogen (secondary N) is 1. The van der Waals surface area contributed by atoms with E-state index in [9.17, 15) is 22.8 Å². The Morgan fingerprint density at radius 1 is 1.26 bits per heavy atom.